The van der Waals surface area contributed by atoms with E-state index in [1.54, 1.807) is 36.4 Å². The highest BCUT2D eigenvalue weighted by Gasteiger charge is 2.48. The van der Waals surface area contributed by atoms with Crippen LogP contribution in [0.2, 0.25) is 0 Å². The van der Waals surface area contributed by atoms with E-state index in [9.17, 15) is 14.7 Å². The van der Waals surface area contributed by atoms with Gasteiger partial charge >= 0.3 is 0 Å². The van der Waals surface area contributed by atoms with Crippen molar-refractivity contribution in [1.29, 1.82) is 0 Å². The quantitative estimate of drug-likeness (QED) is 0.257. The fourth-order valence-electron chi connectivity index (χ4n) is 5.05. The highest BCUT2D eigenvalue weighted by atomic mass is 16.5. The van der Waals surface area contributed by atoms with Crippen molar-refractivity contribution < 1.29 is 23.8 Å². The van der Waals surface area contributed by atoms with E-state index < -0.39 is 17.7 Å². The van der Waals surface area contributed by atoms with Gasteiger partial charge in [-0.3, -0.25) is 14.5 Å². The molecule has 7 nitrogen and oxygen atoms in total. The summed E-state index contributed by atoms with van der Waals surface area (Å²) in [5.74, 6) is -0.0564. The number of rotatable bonds is 6. The highest BCUT2D eigenvalue weighted by molar-refractivity contribution is 6.51. The van der Waals surface area contributed by atoms with Gasteiger partial charge in [-0.2, -0.15) is 0 Å². The van der Waals surface area contributed by atoms with Gasteiger partial charge in [0.05, 0.1) is 17.9 Å². The standard InChI is InChI=1S/C30H32N2O5/c1-19(2)37-24-7-4-6-21(18-24)28(33)26-27(25-8-5-17-36-25)32(30(35)29(26)34)23-11-9-22(10-12-23)31-15-13-20(3)14-16-31/h4-12,17-20,27,33H,13-16H2,1-3H3/b28-26-. The Kier molecular flexibility index (Phi) is 6.78. The maximum absolute atomic E-state index is 13.3. The second kappa shape index (κ2) is 10.2. The van der Waals surface area contributed by atoms with Crippen molar-refractivity contribution in [3.8, 4) is 5.75 Å². The molecular formula is C30H32N2O5. The summed E-state index contributed by atoms with van der Waals surface area (Å²) >= 11 is 0. The minimum absolute atomic E-state index is 0.0178. The molecule has 1 atom stereocenters. The second-order valence-electron chi connectivity index (χ2n) is 10.1. The fraction of sp³-hybridized carbons (Fsp3) is 0.333. The van der Waals surface area contributed by atoms with Crippen LogP contribution in [0.5, 0.6) is 5.75 Å². The number of carbonyl (C=O) groups excluding carboxylic acids is 2. The Morgan fingerprint density at radius 2 is 1.70 bits per heavy atom. The Balaban J connectivity index is 1.53. The largest absolute Gasteiger partial charge is 0.507 e. The maximum atomic E-state index is 13.3. The average molecular weight is 501 g/mol. The number of piperidine rings is 1. The van der Waals surface area contributed by atoms with E-state index in [1.807, 2.05) is 38.1 Å². The molecule has 2 aliphatic rings. The van der Waals surface area contributed by atoms with E-state index >= 15 is 0 Å². The monoisotopic (exact) mass is 500 g/mol. The number of ether oxygens (including phenoxy) is 1. The summed E-state index contributed by atoms with van der Waals surface area (Å²) in [4.78, 5) is 30.4. The third-order valence-electron chi connectivity index (χ3n) is 7.01. The van der Waals surface area contributed by atoms with E-state index in [0.717, 1.165) is 37.5 Å². The number of furan rings is 1. The number of amides is 1. The van der Waals surface area contributed by atoms with Crippen LogP contribution in [0, 0.1) is 5.92 Å². The van der Waals surface area contributed by atoms with Gasteiger partial charge in [-0.25, -0.2) is 0 Å². The Hall–Kier alpha value is -4.00. The molecule has 2 aromatic carbocycles. The third kappa shape index (κ3) is 4.86. The Morgan fingerprint density at radius 1 is 1.00 bits per heavy atom. The Morgan fingerprint density at radius 3 is 2.35 bits per heavy atom. The number of aliphatic hydroxyl groups excluding tert-OH is 1. The van der Waals surface area contributed by atoms with Crippen LogP contribution in [0.3, 0.4) is 0 Å². The molecule has 37 heavy (non-hydrogen) atoms. The number of nitrogens with zero attached hydrogens (tertiary/aromatic N) is 2. The van der Waals surface area contributed by atoms with Gasteiger partial charge in [0.25, 0.3) is 11.7 Å². The van der Waals surface area contributed by atoms with Crippen molar-refractivity contribution >= 4 is 28.8 Å². The molecule has 1 unspecified atom stereocenters. The van der Waals surface area contributed by atoms with Gasteiger partial charge in [-0.15, -0.1) is 0 Å². The number of hydrogen-bond donors (Lipinski definition) is 1. The zero-order valence-corrected chi connectivity index (χ0v) is 21.4. The normalized spacial score (nSPS) is 20.2. The van der Waals surface area contributed by atoms with Gasteiger partial charge in [-0.1, -0.05) is 19.1 Å². The number of hydrogen-bond acceptors (Lipinski definition) is 6. The minimum Gasteiger partial charge on any atom is -0.507 e. The number of benzene rings is 2. The number of aliphatic hydroxyl groups is 1. The van der Waals surface area contributed by atoms with Crippen LogP contribution in [0.15, 0.2) is 76.9 Å². The number of Topliss-reactive ketones (excluding diaryl/α,β-unsaturated/α-hetero) is 1. The first-order chi connectivity index (χ1) is 17.8. The lowest BCUT2D eigenvalue weighted by Gasteiger charge is -2.32. The van der Waals surface area contributed by atoms with Gasteiger partial charge in [0.1, 0.15) is 23.3 Å². The lowest BCUT2D eigenvalue weighted by Crippen LogP contribution is -2.33. The van der Waals surface area contributed by atoms with Crippen LogP contribution in [0.25, 0.3) is 5.76 Å². The molecular weight excluding hydrogens is 468 g/mol. The average Bonchev–Trinajstić information content (AvgIpc) is 3.51. The van der Waals surface area contributed by atoms with Crippen LogP contribution >= 0.6 is 0 Å². The van der Waals surface area contributed by atoms with E-state index in [4.69, 9.17) is 9.15 Å². The molecule has 1 amide bonds. The molecule has 2 aliphatic heterocycles. The van der Waals surface area contributed by atoms with E-state index in [0.29, 0.717) is 22.8 Å². The summed E-state index contributed by atoms with van der Waals surface area (Å²) in [6.45, 7) is 8.09. The lowest BCUT2D eigenvalue weighted by molar-refractivity contribution is -0.132. The van der Waals surface area contributed by atoms with Gasteiger partial charge < -0.3 is 19.2 Å². The van der Waals surface area contributed by atoms with Gasteiger partial charge in [0.2, 0.25) is 0 Å². The molecule has 2 saturated heterocycles. The third-order valence-corrected chi connectivity index (χ3v) is 7.01. The fourth-order valence-corrected chi connectivity index (χ4v) is 5.05. The summed E-state index contributed by atoms with van der Waals surface area (Å²) in [6, 6.07) is 17.1. The van der Waals surface area contributed by atoms with Gasteiger partial charge in [0, 0.05) is 30.0 Å². The van der Waals surface area contributed by atoms with Crippen molar-refractivity contribution in [3.05, 3.63) is 83.8 Å². The van der Waals surface area contributed by atoms with E-state index in [-0.39, 0.29) is 17.4 Å². The zero-order chi connectivity index (χ0) is 26.1. The van der Waals surface area contributed by atoms with Crippen LogP contribution in [-0.2, 0) is 9.59 Å². The summed E-state index contributed by atoms with van der Waals surface area (Å²) in [6.07, 6.45) is 3.74. The molecule has 0 spiro atoms. The Bertz CT molecular complexity index is 1300. The van der Waals surface area contributed by atoms with Crippen LogP contribution in [0.1, 0.15) is 51.0 Å². The minimum atomic E-state index is -0.897. The smallest absolute Gasteiger partial charge is 0.300 e. The molecule has 192 valence electrons. The maximum Gasteiger partial charge on any atom is 0.300 e. The number of ketones is 1. The van der Waals surface area contributed by atoms with E-state index in [1.165, 1.54) is 11.2 Å². The first kappa shape index (κ1) is 24.7. The molecule has 3 aromatic rings. The molecule has 3 heterocycles. The predicted molar refractivity (Wildman–Crippen MR) is 143 cm³/mol. The molecule has 2 fully saturated rings. The van der Waals surface area contributed by atoms with Crippen molar-refractivity contribution in [1.82, 2.24) is 0 Å². The number of carbonyl (C=O) groups is 2. The first-order valence-electron chi connectivity index (χ1n) is 12.8. The second-order valence-corrected chi connectivity index (χ2v) is 10.1. The summed E-state index contributed by atoms with van der Waals surface area (Å²) in [5, 5.41) is 11.3. The predicted octanol–water partition coefficient (Wildman–Crippen LogP) is 5.93. The Labute approximate surface area is 216 Å². The van der Waals surface area contributed by atoms with Crippen LogP contribution < -0.4 is 14.5 Å². The molecule has 0 bridgehead atoms. The zero-order valence-electron chi connectivity index (χ0n) is 21.4. The van der Waals surface area contributed by atoms with Gasteiger partial charge in [-0.05, 0) is 81.1 Å². The first-order valence-corrected chi connectivity index (χ1v) is 12.8. The molecule has 1 aromatic heterocycles. The summed E-state index contributed by atoms with van der Waals surface area (Å²) in [7, 11) is 0. The molecule has 0 saturated carbocycles. The van der Waals surface area contributed by atoms with E-state index in [2.05, 4.69) is 11.8 Å². The van der Waals surface area contributed by atoms with Crippen molar-refractivity contribution in [2.75, 3.05) is 22.9 Å². The SMILES string of the molecule is CC1CCN(c2ccc(N3C(=O)C(=O)/C(=C(\O)c4cccc(OC(C)C)c4)C3c3ccco3)cc2)CC1. The molecule has 0 aliphatic carbocycles. The van der Waals surface area contributed by atoms with Crippen molar-refractivity contribution in [2.24, 2.45) is 5.92 Å². The molecule has 7 heteroatoms. The highest BCUT2D eigenvalue weighted by Crippen LogP contribution is 2.43. The van der Waals surface area contributed by atoms with Crippen LogP contribution in [-0.4, -0.2) is 36.0 Å². The van der Waals surface area contributed by atoms with Gasteiger partial charge in [0.15, 0.2) is 0 Å². The summed E-state index contributed by atoms with van der Waals surface area (Å²) in [5.41, 5.74) is 2.02. The lowest BCUT2D eigenvalue weighted by atomic mass is 9.98. The molecule has 1 N–H and O–H groups in total. The number of anilines is 2. The van der Waals surface area contributed by atoms with Crippen molar-refractivity contribution in [2.45, 2.75) is 45.8 Å². The summed E-state index contributed by atoms with van der Waals surface area (Å²) < 4.78 is 11.4. The molecule has 5 rings (SSSR count). The molecule has 0 radical (unpaired) electrons. The topological polar surface area (TPSA) is 83.2 Å². The van der Waals surface area contributed by atoms with Crippen LogP contribution in [0.4, 0.5) is 11.4 Å². The van der Waals surface area contributed by atoms with Crippen molar-refractivity contribution in [3.63, 3.8) is 0 Å².